The molecule has 6 nitrogen and oxygen atoms in total. The number of urea groups is 1. The molecular formula is C20H29N3O3. The molecule has 2 N–H and O–H groups in total. The zero-order valence-corrected chi connectivity index (χ0v) is 15.8. The summed E-state index contributed by atoms with van der Waals surface area (Å²) in [5.74, 6) is -0.0144. The number of amides is 3. The maximum atomic E-state index is 13.1. The molecule has 2 aliphatic rings. The van der Waals surface area contributed by atoms with Gasteiger partial charge in [-0.1, -0.05) is 19.4 Å². The molecule has 142 valence electrons. The van der Waals surface area contributed by atoms with Crippen LogP contribution in [0.4, 0.5) is 10.5 Å². The van der Waals surface area contributed by atoms with Crippen molar-refractivity contribution < 1.29 is 14.7 Å². The number of carbonyl (C=O) groups is 2. The molecule has 1 aromatic carbocycles. The van der Waals surface area contributed by atoms with E-state index in [9.17, 15) is 14.7 Å². The first-order valence-electron chi connectivity index (χ1n) is 9.56. The van der Waals surface area contributed by atoms with Crippen LogP contribution in [0, 0.1) is 12.3 Å². The van der Waals surface area contributed by atoms with Crippen LogP contribution in [0.2, 0.25) is 0 Å². The number of hydrogen-bond acceptors (Lipinski definition) is 3. The van der Waals surface area contributed by atoms with Crippen LogP contribution in [0.15, 0.2) is 18.2 Å². The Labute approximate surface area is 155 Å². The van der Waals surface area contributed by atoms with Gasteiger partial charge < -0.3 is 15.3 Å². The number of rotatable bonds is 5. The monoisotopic (exact) mass is 359 g/mol. The third-order valence-electron chi connectivity index (χ3n) is 5.67. The van der Waals surface area contributed by atoms with Crippen LogP contribution in [0.3, 0.4) is 0 Å². The van der Waals surface area contributed by atoms with Crippen LogP contribution >= 0.6 is 0 Å². The van der Waals surface area contributed by atoms with Gasteiger partial charge in [0, 0.05) is 42.8 Å². The van der Waals surface area contributed by atoms with Gasteiger partial charge in [-0.2, -0.15) is 0 Å². The average Bonchev–Trinajstić information content (AvgIpc) is 3.08. The lowest BCUT2D eigenvalue weighted by Gasteiger charge is -2.42. The highest BCUT2D eigenvalue weighted by molar-refractivity contribution is 5.99. The first kappa shape index (κ1) is 18.7. The van der Waals surface area contributed by atoms with E-state index in [1.807, 2.05) is 30.0 Å². The molecule has 2 saturated heterocycles. The Bertz CT molecular complexity index is 687. The molecule has 26 heavy (non-hydrogen) atoms. The Kier molecular flexibility index (Phi) is 5.51. The predicted octanol–water partition coefficient (Wildman–Crippen LogP) is 2.54. The second-order valence-electron chi connectivity index (χ2n) is 7.62. The first-order valence-corrected chi connectivity index (χ1v) is 9.56. The van der Waals surface area contributed by atoms with Crippen molar-refractivity contribution in [2.24, 2.45) is 5.41 Å². The molecule has 0 saturated carbocycles. The molecule has 0 bridgehead atoms. The van der Waals surface area contributed by atoms with E-state index in [2.05, 4.69) is 12.2 Å². The number of piperidine rings is 1. The molecule has 1 unspecified atom stereocenters. The van der Waals surface area contributed by atoms with E-state index in [4.69, 9.17) is 0 Å². The molecule has 0 aliphatic carbocycles. The number of aliphatic hydroxyl groups is 1. The Balaban J connectivity index is 1.82. The number of benzene rings is 1. The second-order valence-corrected chi connectivity index (χ2v) is 7.62. The van der Waals surface area contributed by atoms with Gasteiger partial charge in [0.2, 0.25) is 0 Å². The summed E-state index contributed by atoms with van der Waals surface area (Å²) in [7, 11) is 0. The maximum absolute atomic E-state index is 13.1. The van der Waals surface area contributed by atoms with Crippen LogP contribution < -0.4 is 10.2 Å². The van der Waals surface area contributed by atoms with Gasteiger partial charge in [-0.3, -0.25) is 9.69 Å². The number of hydrogen-bond donors (Lipinski definition) is 2. The first-order chi connectivity index (χ1) is 12.5. The minimum Gasteiger partial charge on any atom is -0.396 e. The smallest absolute Gasteiger partial charge is 0.322 e. The number of nitrogens with zero attached hydrogens (tertiary/aromatic N) is 2. The average molecular weight is 359 g/mol. The second kappa shape index (κ2) is 7.66. The van der Waals surface area contributed by atoms with Crippen LogP contribution in [0.5, 0.6) is 0 Å². The normalized spacial score (nSPS) is 23.3. The highest BCUT2D eigenvalue weighted by Gasteiger charge is 2.36. The summed E-state index contributed by atoms with van der Waals surface area (Å²) >= 11 is 0. The van der Waals surface area contributed by atoms with Gasteiger partial charge in [-0.25, -0.2) is 4.79 Å². The van der Waals surface area contributed by atoms with Gasteiger partial charge >= 0.3 is 6.03 Å². The third-order valence-corrected chi connectivity index (χ3v) is 5.67. The zero-order chi connectivity index (χ0) is 18.7. The minimum atomic E-state index is -0.176. The summed E-state index contributed by atoms with van der Waals surface area (Å²) < 4.78 is 0. The number of nitrogens with one attached hydrogen (secondary N) is 1. The van der Waals surface area contributed by atoms with Crippen molar-refractivity contribution in [2.75, 3.05) is 37.7 Å². The van der Waals surface area contributed by atoms with Gasteiger partial charge in [0.1, 0.15) is 0 Å². The Hall–Kier alpha value is -2.08. The topological polar surface area (TPSA) is 72.9 Å². The molecule has 1 atom stereocenters. The number of aliphatic hydroxyl groups excluding tert-OH is 1. The van der Waals surface area contributed by atoms with Crippen LogP contribution in [0.1, 0.15) is 48.5 Å². The third kappa shape index (κ3) is 3.56. The minimum absolute atomic E-state index is 0.0144. The summed E-state index contributed by atoms with van der Waals surface area (Å²) in [4.78, 5) is 28.7. The van der Waals surface area contributed by atoms with Crippen molar-refractivity contribution in [1.82, 2.24) is 10.2 Å². The van der Waals surface area contributed by atoms with Gasteiger partial charge in [0.25, 0.3) is 5.91 Å². The highest BCUT2D eigenvalue weighted by atomic mass is 16.3. The highest BCUT2D eigenvalue weighted by Crippen LogP contribution is 2.35. The van der Waals surface area contributed by atoms with Gasteiger partial charge in [-0.05, 0) is 43.9 Å². The Morgan fingerprint density at radius 3 is 2.81 bits per heavy atom. The fraction of sp³-hybridized carbons (Fsp3) is 0.600. The molecule has 3 amide bonds. The molecule has 6 heteroatoms. The van der Waals surface area contributed by atoms with E-state index in [0.29, 0.717) is 25.2 Å². The van der Waals surface area contributed by atoms with E-state index in [1.165, 1.54) is 0 Å². The van der Waals surface area contributed by atoms with Crippen molar-refractivity contribution in [2.45, 2.75) is 39.5 Å². The van der Waals surface area contributed by atoms with Crippen molar-refractivity contribution in [3.8, 4) is 0 Å². The van der Waals surface area contributed by atoms with Gasteiger partial charge in [-0.15, -0.1) is 0 Å². The van der Waals surface area contributed by atoms with E-state index in [1.54, 1.807) is 4.90 Å². The number of aryl methyl sites for hydroxylation is 1. The fourth-order valence-corrected chi connectivity index (χ4v) is 4.24. The molecule has 3 rings (SSSR count). The molecule has 0 spiro atoms. The van der Waals surface area contributed by atoms with E-state index in [-0.39, 0.29) is 24.0 Å². The maximum Gasteiger partial charge on any atom is 0.322 e. The Morgan fingerprint density at radius 1 is 1.35 bits per heavy atom. The number of carbonyl (C=O) groups excluding carboxylic acids is 2. The van der Waals surface area contributed by atoms with Crippen LogP contribution in [-0.2, 0) is 0 Å². The lowest BCUT2D eigenvalue weighted by atomic mass is 9.77. The quantitative estimate of drug-likeness (QED) is 0.848. The molecule has 2 heterocycles. The number of anilines is 1. The fourth-order valence-electron chi connectivity index (χ4n) is 4.24. The number of likely N-dealkylation sites (tertiary alicyclic amines) is 1. The summed E-state index contributed by atoms with van der Waals surface area (Å²) in [6, 6.07) is 5.46. The van der Waals surface area contributed by atoms with Crippen molar-refractivity contribution in [3.63, 3.8) is 0 Å². The molecule has 0 radical (unpaired) electrons. The van der Waals surface area contributed by atoms with E-state index < -0.39 is 0 Å². The summed E-state index contributed by atoms with van der Waals surface area (Å²) in [5, 5.41) is 12.7. The SMILES string of the molecule is CCCC1(CO)CCCN(C(=O)c2ccc(C)c(N3CCNC3=O)c2)C1. The molecule has 2 aliphatic heterocycles. The molecule has 0 aromatic heterocycles. The Morgan fingerprint density at radius 2 is 2.15 bits per heavy atom. The van der Waals surface area contributed by atoms with Crippen LogP contribution in [-0.4, -0.2) is 54.7 Å². The molecular weight excluding hydrogens is 330 g/mol. The summed E-state index contributed by atoms with van der Waals surface area (Å²) in [6.45, 7) is 6.75. The lowest BCUT2D eigenvalue weighted by molar-refractivity contribution is 0.0222. The predicted molar refractivity (Wildman–Crippen MR) is 101 cm³/mol. The van der Waals surface area contributed by atoms with Gasteiger partial charge in [0.15, 0.2) is 0 Å². The van der Waals surface area contributed by atoms with Crippen molar-refractivity contribution in [3.05, 3.63) is 29.3 Å². The standard InChI is InChI=1S/C20H29N3O3/c1-3-7-20(14-24)8-4-10-22(13-20)18(25)16-6-5-15(2)17(12-16)23-11-9-21-19(23)26/h5-6,12,24H,3-4,7-11,13-14H2,1-2H3,(H,21,26). The van der Waals surface area contributed by atoms with Crippen molar-refractivity contribution >= 4 is 17.6 Å². The van der Waals surface area contributed by atoms with Crippen molar-refractivity contribution in [1.29, 1.82) is 0 Å². The van der Waals surface area contributed by atoms with Crippen LogP contribution in [0.25, 0.3) is 0 Å². The van der Waals surface area contributed by atoms with E-state index >= 15 is 0 Å². The summed E-state index contributed by atoms with van der Waals surface area (Å²) in [5.41, 5.74) is 2.21. The van der Waals surface area contributed by atoms with E-state index in [0.717, 1.165) is 43.5 Å². The largest absolute Gasteiger partial charge is 0.396 e. The molecule has 1 aromatic rings. The molecule has 2 fully saturated rings. The lowest BCUT2D eigenvalue weighted by Crippen LogP contribution is -2.47. The summed E-state index contributed by atoms with van der Waals surface area (Å²) in [6.07, 6.45) is 3.81. The zero-order valence-electron chi connectivity index (χ0n) is 15.8. The van der Waals surface area contributed by atoms with Gasteiger partial charge in [0.05, 0.1) is 6.61 Å².